The first-order valence-corrected chi connectivity index (χ1v) is 8.91. The number of aliphatic hydroxyl groups is 2. The zero-order valence-corrected chi connectivity index (χ0v) is 14.6. The second kappa shape index (κ2) is 7.65. The molecule has 2 atom stereocenters. The molecule has 0 saturated carbocycles. The number of halogens is 1. The summed E-state index contributed by atoms with van der Waals surface area (Å²) in [6, 6.07) is 16.0. The lowest BCUT2D eigenvalue weighted by atomic mass is 9.84. The summed E-state index contributed by atoms with van der Waals surface area (Å²) in [5.74, 6) is -0.299. The number of hydrogen-bond acceptors (Lipinski definition) is 3. The second-order valence-electron chi connectivity index (χ2n) is 7.16. The summed E-state index contributed by atoms with van der Waals surface area (Å²) < 4.78 is 13.1. The monoisotopic (exact) mass is 343 g/mol. The quantitative estimate of drug-likeness (QED) is 0.875. The van der Waals surface area contributed by atoms with Crippen molar-refractivity contribution in [3.8, 4) is 0 Å². The standard InChI is InChI=1S/C21H26FNO2/c1-16(20(24)18-7-9-19(22)10-8-18)23-13-11-21(25,12-14-23)15-17-5-3-2-4-6-17/h2-10,16,20,24-25H,11-15H2,1H3/t16-,20-/m0/s1. The zero-order chi connectivity index (χ0) is 17.9. The van der Waals surface area contributed by atoms with Gasteiger partial charge in [0.15, 0.2) is 0 Å². The molecule has 3 rings (SSSR count). The second-order valence-corrected chi connectivity index (χ2v) is 7.16. The minimum atomic E-state index is -0.682. The largest absolute Gasteiger partial charge is 0.389 e. The molecule has 0 amide bonds. The fourth-order valence-electron chi connectivity index (χ4n) is 3.64. The Balaban J connectivity index is 1.58. The molecule has 0 spiro atoms. The van der Waals surface area contributed by atoms with E-state index in [9.17, 15) is 14.6 Å². The van der Waals surface area contributed by atoms with Crippen molar-refractivity contribution < 1.29 is 14.6 Å². The Labute approximate surface area is 148 Å². The number of piperidine rings is 1. The minimum absolute atomic E-state index is 0.0771. The van der Waals surface area contributed by atoms with Crippen LogP contribution in [0.4, 0.5) is 4.39 Å². The lowest BCUT2D eigenvalue weighted by Gasteiger charge is -2.42. The maximum atomic E-state index is 13.1. The first-order chi connectivity index (χ1) is 12.0. The summed E-state index contributed by atoms with van der Waals surface area (Å²) in [4.78, 5) is 2.20. The van der Waals surface area contributed by atoms with Crippen LogP contribution in [0, 0.1) is 5.82 Å². The van der Waals surface area contributed by atoms with Crippen molar-refractivity contribution in [2.24, 2.45) is 0 Å². The van der Waals surface area contributed by atoms with E-state index in [2.05, 4.69) is 4.90 Å². The summed E-state index contributed by atoms with van der Waals surface area (Å²) in [7, 11) is 0. The van der Waals surface area contributed by atoms with Crippen LogP contribution in [0.5, 0.6) is 0 Å². The van der Waals surface area contributed by atoms with E-state index in [-0.39, 0.29) is 11.9 Å². The predicted molar refractivity (Wildman–Crippen MR) is 96.7 cm³/mol. The Bertz CT molecular complexity index is 666. The normalized spacial score (nSPS) is 20.2. The van der Waals surface area contributed by atoms with Gasteiger partial charge in [-0.05, 0) is 43.0 Å². The predicted octanol–water partition coefficient (Wildman–Crippen LogP) is 3.32. The van der Waals surface area contributed by atoms with Crippen molar-refractivity contribution in [1.29, 1.82) is 0 Å². The smallest absolute Gasteiger partial charge is 0.123 e. The number of hydrogen-bond donors (Lipinski definition) is 2. The highest BCUT2D eigenvalue weighted by molar-refractivity contribution is 5.20. The lowest BCUT2D eigenvalue weighted by Crippen LogP contribution is -2.49. The molecule has 0 unspecified atom stereocenters. The molecule has 1 saturated heterocycles. The Hall–Kier alpha value is -1.75. The van der Waals surface area contributed by atoms with Crippen LogP contribution in [0.15, 0.2) is 54.6 Å². The van der Waals surface area contributed by atoms with Crippen LogP contribution in [0.3, 0.4) is 0 Å². The first kappa shape index (κ1) is 18.1. The zero-order valence-electron chi connectivity index (χ0n) is 14.6. The van der Waals surface area contributed by atoms with Crippen molar-refractivity contribution in [2.75, 3.05) is 13.1 Å². The molecule has 0 radical (unpaired) electrons. The molecule has 2 aromatic carbocycles. The van der Waals surface area contributed by atoms with E-state index in [1.165, 1.54) is 12.1 Å². The highest BCUT2D eigenvalue weighted by Crippen LogP contribution is 2.30. The van der Waals surface area contributed by atoms with Crippen LogP contribution in [-0.4, -0.2) is 39.8 Å². The average molecular weight is 343 g/mol. The highest BCUT2D eigenvalue weighted by Gasteiger charge is 2.35. The van der Waals surface area contributed by atoms with Gasteiger partial charge in [-0.1, -0.05) is 42.5 Å². The average Bonchev–Trinajstić information content (AvgIpc) is 2.62. The molecule has 0 bridgehead atoms. The fourth-order valence-corrected chi connectivity index (χ4v) is 3.64. The van der Waals surface area contributed by atoms with E-state index >= 15 is 0 Å². The van der Waals surface area contributed by atoms with Gasteiger partial charge in [0.1, 0.15) is 5.82 Å². The van der Waals surface area contributed by atoms with Crippen molar-refractivity contribution in [3.05, 3.63) is 71.5 Å². The summed E-state index contributed by atoms with van der Waals surface area (Å²) in [6.45, 7) is 3.46. The number of benzene rings is 2. The van der Waals surface area contributed by atoms with Crippen LogP contribution >= 0.6 is 0 Å². The molecule has 1 fully saturated rings. The van der Waals surface area contributed by atoms with Crippen LogP contribution in [-0.2, 0) is 6.42 Å². The topological polar surface area (TPSA) is 43.7 Å². The van der Waals surface area contributed by atoms with Gasteiger partial charge >= 0.3 is 0 Å². The summed E-state index contributed by atoms with van der Waals surface area (Å²) in [5.41, 5.74) is 1.19. The Kier molecular flexibility index (Phi) is 5.52. The maximum Gasteiger partial charge on any atom is 0.123 e. The molecule has 0 aromatic heterocycles. The molecular weight excluding hydrogens is 317 g/mol. The van der Waals surface area contributed by atoms with Gasteiger partial charge in [-0.15, -0.1) is 0 Å². The fraction of sp³-hybridized carbons (Fsp3) is 0.429. The van der Waals surface area contributed by atoms with Crippen molar-refractivity contribution in [2.45, 2.75) is 43.9 Å². The van der Waals surface area contributed by atoms with Gasteiger partial charge in [0.2, 0.25) is 0 Å². The van der Waals surface area contributed by atoms with Crippen molar-refractivity contribution in [3.63, 3.8) is 0 Å². The van der Waals surface area contributed by atoms with Gasteiger partial charge in [-0.2, -0.15) is 0 Å². The highest BCUT2D eigenvalue weighted by atomic mass is 19.1. The van der Waals surface area contributed by atoms with E-state index < -0.39 is 11.7 Å². The van der Waals surface area contributed by atoms with E-state index in [4.69, 9.17) is 0 Å². The number of likely N-dealkylation sites (tertiary alicyclic amines) is 1. The molecule has 134 valence electrons. The van der Waals surface area contributed by atoms with Crippen LogP contribution in [0.1, 0.15) is 37.0 Å². The number of nitrogens with zero attached hydrogens (tertiary/aromatic N) is 1. The maximum absolute atomic E-state index is 13.1. The van der Waals surface area contributed by atoms with E-state index in [0.29, 0.717) is 19.3 Å². The summed E-state index contributed by atoms with van der Waals surface area (Å²) in [6.07, 6.45) is 1.36. The molecule has 0 aliphatic carbocycles. The van der Waals surface area contributed by atoms with Gasteiger partial charge in [0.05, 0.1) is 11.7 Å². The molecule has 25 heavy (non-hydrogen) atoms. The Morgan fingerprint density at radius 3 is 2.24 bits per heavy atom. The Morgan fingerprint density at radius 1 is 1.04 bits per heavy atom. The van der Waals surface area contributed by atoms with Gasteiger partial charge in [0.25, 0.3) is 0 Å². The third-order valence-corrected chi connectivity index (χ3v) is 5.35. The SMILES string of the molecule is C[C@@H]([C@H](O)c1ccc(F)cc1)N1CCC(O)(Cc2ccccc2)CC1. The molecular formula is C21H26FNO2. The van der Waals surface area contributed by atoms with E-state index in [1.54, 1.807) is 12.1 Å². The number of rotatable bonds is 5. The van der Waals surface area contributed by atoms with Gasteiger partial charge in [-0.25, -0.2) is 4.39 Å². The van der Waals surface area contributed by atoms with Crippen LogP contribution < -0.4 is 0 Å². The van der Waals surface area contributed by atoms with Crippen molar-refractivity contribution in [1.82, 2.24) is 4.90 Å². The van der Waals surface area contributed by atoms with Gasteiger partial charge in [0, 0.05) is 25.6 Å². The van der Waals surface area contributed by atoms with Crippen molar-refractivity contribution >= 4 is 0 Å². The summed E-state index contributed by atoms with van der Waals surface area (Å²) in [5, 5.41) is 21.5. The molecule has 1 aliphatic heterocycles. The molecule has 4 heteroatoms. The van der Waals surface area contributed by atoms with E-state index in [0.717, 1.165) is 24.2 Å². The molecule has 2 aromatic rings. The molecule has 3 nitrogen and oxygen atoms in total. The van der Waals surface area contributed by atoms with Crippen LogP contribution in [0.2, 0.25) is 0 Å². The molecule has 1 heterocycles. The molecule has 1 aliphatic rings. The summed E-state index contributed by atoms with van der Waals surface area (Å²) >= 11 is 0. The Morgan fingerprint density at radius 2 is 1.64 bits per heavy atom. The van der Waals surface area contributed by atoms with Gasteiger partial charge in [-0.3, -0.25) is 4.90 Å². The first-order valence-electron chi connectivity index (χ1n) is 8.91. The van der Waals surface area contributed by atoms with Crippen LogP contribution in [0.25, 0.3) is 0 Å². The molecule has 2 N–H and O–H groups in total. The van der Waals surface area contributed by atoms with Gasteiger partial charge < -0.3 is 10.2 Å². The third kappa shape index (κ3) is 4.46. The number of aliphatic hydroxyl groups excluding tert-OH is 1. The third-order valence-electron chi connectivity index (χ3n) is 5.35. The lowest BCUT2D eigenvalue weighted by molar-refractivity contribution is -0.0456. The minimum Gasteiger partial charge on any atom is -0.389 e. The van der Waals surface area contributed by atoms with E-state index in [1.807, 2.05) is 37.3 Å².